The van der Waals surface area contributed by atoms with Crippen LogP contribution in [0.4, 0.5) is 17.1 Å². The minimum Gasteiger partial charge on any atom is -0.399 e. The molecule has 45 heavy (non-hydrogen) atoms. The number of nitrogens with two attached hydrogens (primary N) is 1. The molecule has 2 heterocycles. The van der Waals surface area contributed by atoms with Crippen LogP contribution in [0.1, 0.15) is 95.0 Å². The van der Waals surface area contributed by atoms with Crippen molar-refractivity contribution in [3.05, 3.63) is 130 Å². The van der Waals surface area contributed by atoms with Crippen LogP contribution >= 0.6 is 37.2 Å². The highest BCUT2D eigenvalue weighted by molar-refractivity contribution is 15.0. The van der Waals surface area contributed by atoms with E-state index in [0.29, 0.717) is 17.2 Å². The Morgan fingerprint density at radius 2 is 1.00 bits per heavy atom. The van der Waals surface area contributed by atoms with E-state index in [0.717, 1.165) is 22.5 Å². The number of allylic oxidation sites excluding steroid dienone is 8. The van der Waals surface area contributed by atoms with Crippen LogP contribution in [0.15, 0.2) is 91.1 Å². The maximum absolute atomic E-state index is 11.8. The van der Waals surface area contributed by atoms with Crippen molar-refractivity contribution in [3.63, 3.8) is 0 Å². The number of halogens is 2. The largest absolute Gasteiger partial charge is 0.399 e. The molecule has 3 aromatic carbocycles. The molecule has 0 radical (unpaired) electrons. The Balaban J connectivity index is 0.000000244. The van der Waals surface area contributed by atoms with Gasteiger partial charge in [0, 0.05) is 88.8 Å². The third-order valence-electron chi connectivity index (χ3n) is 9.49. The standard InChI is InChI=1S/C21H24N2O2.C16H22N2.I2/c1-10-7-8-16(18-11(2)14(5)22-15(6)12(18)3)9-17(10)23-19-13(4)20(24)21(19)25;1-9-6-7-14(8-15(9)17)16-10(2)12(4)18-13(5)11(16)3;1-2/h7-9,18,22-23H,1-6H3;6-8,16,18H,17H2,1-5H3;. The van der Waals surface area contributed by atoms with Crippen molar-refractivity contribution in [1.82, 2.24) is 10.6 Å². The molecule has 0 saturated carbocycles. The van der Waals surface area contributed by atoms with Gasteiger partial charge in [0.2, 0.25) is 10.9 Å². The Bertz CT molecular complexity index is 1770. The van der Waals surface area contributed by atoms with Crippen LogP contribution in [0.2, 0.25) is 0 Å². The zero-order valence-electron chi connectivity index (χ0n) is 28.3. The molecule has 3 aromatic rings. The fourth-order valence-corrected chi connectivity index (χ4v) is 6.06. The number of benzene rings is 2. The number of nitrogens with one attached hydrogen (secondary N) is 3. The molecule has 8 heteroatoms. The van der Waals surface area contributed by atoms with Gasteiger partial charge in [-0.15, -0.1) is 0 Å². The van der Waals surface area contributed by atoms with Crippen LogP contribution in [-0.2, 0) is 0 Å². The van der Waals surface area contributed by atoms with E-state index in [-0.39, 0.29) is 5.92 Å². The van der Waals surface area contributed by atoms with Gasteiger partial charge in [0.25, 0.3) is 0 Å². The molecule has 0 saturated heterocycles. The van der Waals surface area contributed by atoms with Crippen molar-refractivity contribution >= 4 is 54.3 Å². The molecular weight excluding hydrogens is 786 g/mol. The fourth-order valence-electron chi connectivity index (χ4n) is 6.06. The Morgan fingerprint density at radius 1 is 0.600 bits per heavy atom. The molecule has 2 aliphatic heterocycles. The molecule has 0 fully saturated rings. The van der Waals surface area contributed by atoms with Crippen molar-refractivity contribution in [2.75, 3.05) is 11.1 Å². The van der Waals surface area contributed by atoms with Gasteiger partial charge >= 0.3 is 0 Å². The van der Waals surface area contributed by atoms with E-state index in [2.05, 4.69) is 145 Å². The summed E-state index contributed by atoms with van der Waals surface area (Å²) in [7, 11) is 0. The lowest BCUT2D eigenvalue weighted by Gasteiger charge is -2.30. The molecule has 6 nitrogen and oxygen atoms in total. The molecular formula is C37H46I2N4O2. The third kappa shape index (κ3) is 7.59. The van der Waals surface area contributed by atoms with E-state index in [9.17, 15) is 9.59 Å². The topological polar surface area (TPSA) is 96.2 Å². The Labute approximate surface area is 291 Å². The number of rotatable bonds is 4. The van der Waals surface area contributed by atoms with Gasteiger partial charge in [0.05, 0.1) is 5.69 Å². The summed E-state index contributed by atoms with van der Waals surface area (Å²) >= 11 is 4.24. The van der Waals surface area contributed by atoms with Gasteiger partial charge in [0.15, 0.2) is 0 Å². The second-order valence-electron chi connectivity index (χ2n) is 12.3. The first-order valence-electron chi connectivity index (χ1n) is 15.0. The molecule has 0 bridgehead atoms. The summed E-state index contributed by atoms with van der Waals surface area (Å²) in [5.74, 6) is 0.574. The monoisotopic (exact) mass is 832 g/mol. The number of aryl methyl sites for hydroxylation is 2. The minimum absolute atomic E-state index is 0.219. The Morgan fingerprint density at radius 3 is 1.40 bits per heavy atom. The molecule has 0 atom stereocenters. The van der Waals surface area contributed by atoms with Gasteiger partial charge in [-0.25, -0.2) is 0 Å². The lowest BCUT2D eigenvalue weighted by molar-refractivity contribution is 0.772. The second-order valence-corrected chi connectivity index (χ2v) is 12.3. The van der Waals surface area contributed by atoms with Crippen molar-refractivity contribution in [2.45, 2.75) is 88.0 Å². The highest BCUT2D eigenvalue weighted by atomic mass is 128. The molecule has 5 N–H and O–H groups in total. The van der Waals surface area contributed by atoms with Crippen molar-refractivity contribution < 1.29 is 0 Å². The van der Waals surface area contributed by atoms with Crippen LogP contribution in [0.3, 0.4) is 0 Å². The number of hydrogen-bond donors (Lipinski definition) is 4. The predicted octanol–water partition coefficient (Wildman–Crippen LogP) is 9.54. The SMILES string of the molecule is CC1=C(C)C(c2ccc(C)c(N)c2)C(C)=C(C)N1.CC1=C(C)C(c2ccc(C)c(Nc3c(C)c(=O)c3=O)c2)C(C)=C(C)N1.II. The summed E-state index contributed by atoms with van der Waals surface area (Å²) < 4.78 is 0. The quantitative estimate of drug-likeness (QED) is 0.119. The van der Waals surface area contributed by atoms with Crippen LogP contribution in [0.5, 0.6) is 0 Å². The van der Waals surface area contributed by atoms with E-state index in [4.69, 9.17) is 5.73 Å². The van der Waals surface area contributed by atoms with Gasteiger partial charge in [-0.1, -0.05) is 24.3 Å². The number of anilines is 3. The highest BCUT2D eigenvalue weighted by Crippen LogP contribution is 2.39. The lowest BCUT2D eigenvalue weighted by Crippen LogP contribution is -2.36. The maximum atomic E-state index is 11.8. The van der Waals surface area contributed by atoms with E-state index < -0.39 is 10.9 Å². The van der Waals surface area contributed by atoms with E-state index in [1.807, 2.05) is 13.8 Å². The lowest BCUT2D eigenvalue weighted by atomic mass is 9.81. The maximum Gasteiger partial charge on any atom is 0.249 e. The van der Waals surface area contributed by atoms with Gasteiger partial charge < -0.3 is 21.7 Å². The average Bonchev–Trinajstić information content (AvgIpc) is 3.02. The summed E-state index contributed by atoms with van der Waals surface area (Å²) in [6.45, 7) is 22.9. The zero-order valence-corrected chi connectivity index (χ0v) is 32.6. The summed E-state index contributed by atoms with van der Waals surface area (Å²) in [6, 6.07) is 12.7. The predicted molar refractivity (Wildman–Crippen MR) is 209 cm³/mol. The van der Waals surface area contributed by atoms with Crippen molar-refractivity contribution in [1.29, 1.82) is 0 Å². The smallest absolute Gasteiger partial charge is 0.249 e. The van der Waals surface area contributed by atoms with Crippen molar-refractivity contribution in [2.24, 2.45) is 0 Å². The fraction of sp³-hybridized carbons (Fsp3) is 0.351. The van der Waals surface area contributed by atoms with Crippen LogP contribution in [0, 0.1) is 20.8 Å². The van der Waals surface area contributed by atoms with Gasteiger partial charge in [0.1, 0.15) is 0 Å². The first-order chi connectivity index (χ1) is 21.1. The first-order valence-corrected chi connectivity index (χ1v) is 21.3. The minimum atomic E-state index is -0.428. The molecule has 0 unspecified atom stereocenters. The van der Waals surface area contributed by atoms with Gasteiger partial charge in [-0.05, 0) is 133 Å². The molecule has 0 spiro atoms. The van der Waals surface area contributed by atoms with Crippen LogP contribution < -0.4 is 32.5 Å². The molecule has 0 aromatic heterocycles. The molecule has 0 amide bonds. The van der Waals surface area contributed by atoms with E-state index >= 15 is 0 Å². The van der Waals surface area contributed by atoms with Gasteiger partial charge in [-0.2, -0.15) is 0 Å². The molecule has 240 valence electrons. The summed E-state index contributed by atoms with van der Waals surface area (Å²) in [5.41, 5.74) is 22.8. The molecule has 0 aliphatic carbocycles. The number of dihydropyridines is 2. The van der Waals surface area contributed by atoms with Gasteiger partial charge in [-0.3, -0.25) is 9.59 Å². The first kappa shape index (κ1) is 36.6. The zero-order chi connectivity index (χ0) is 33.9. The molecule has 2 aliphatic rings. The number of nitrogen functional groups attached to an aromatic ring is 1. The normalized spacial score (nSPS) is 15.8. The Kier molecular flexibility index (Phi) is 12.3. The van der Waals surface area contributed by atoms with E-state index in [1.165, 1.54) is 56.2 Å². The Hall–Kier alpha value is -2.86. The average molecular weight is 833 g/mol. The number of hydrogen-bond acceptors (Lipinski definition) is 6. The van der Waals surface area contributed by atoms with Crippen molar-refractivity contribution in [3.8, 4) is 0 Å². The van der Waals surface area contributed by atoms with E-state index in [1.54, 1.807) is 6.92 Å². The summed E-state index contributed by atoms with van der Waals surface area (Å²) in [4.78, 5) is 23.2. The van der Waals surface area contributed by atoms with Crippen LogP contribution in [0.25, 0.3) is 0 Å². The summed E-state index contributed by atoms with van der Waals surface area (Å²) in [6.07, 6.45) is 0. The molecule has 5 rings (SSSR count). The third-order valence-corrected chi connectivity index (χ3v) is 9.49. The second kappa shape index (κ2) is 15.2. The highest BCUT2D eigenvalue weighted by Gasteiger charge is 2.25. The van der Waals surface area contributed by atoms with Crippen LogP contribution in [-0.4, -0.2) is 0 Å². The summed E-state index contributed by atoms with van der Waals surface area (Å²) in [5, 5.41) is 10.0.